The summed E-state index contributed by atoms with van der Waals surface area (Å²) in [4.78, 5) is 34.9. The van der Waals surface area contributed by atoms with Gasteiger partial charge in [-0.25, -0.2) is 9.97 Å². The van der Waals surface area contributed by atoms with E-state index in [-0.39, 0.29) is 18.9 Å². The molecule has 0 aliphatic carbocycles. The monoisotopic (exact) mass is 401 g/mol. The topological polar surface area (TPSA) is 83.4 Å². The van der Waals surface area contributed by atoms with Gasteiger partial charge >= 0.3 is 5.97 Å². The van der Waals surface area contributed by atoms with E-state index >= 15 is 0 Å². The fourth-order valence-electron chi connectivity index (χ4n) is 2.51. The predicted molar refractivity (Wildman–Crippen MR) is 108 cm³/mol. The first-order valence-electron chi connectivity index (χ1n) is 8.43. The van der Waals surface area contributed by atoms with Crippen LogP contribution in [0.2, 0.25) is 0 Å². The summed E-state index contributed by atoms with van der Waals surface area (Å²) < 4.78 is 0. The summed E-state index contributed by atoms with van der Waals surface area (Å²) in [5.74, 6) is -0.387. The predicted octanol–water partition coefficient (Wildman–Crippen LogP) is 3.77. The molecule has 0 atom stereocenters. The van der Waals surface area contributed by atoms with Crippen LogP contribution in [0.15, 0.2) is 47.8 Å². The van der Waals surface area contributed by atoms with Crippen molar-refractivity contribution in [1.82, 2.24) is 14.9 Å². The second kappa shape index (κ2) is 8.96. The van der Waals surface area contributed by atoms with E-state index in [2.05, 4.69) is 28.2 Å². The summed E-state index contributed by atoms with van der Waals surface area (Å²) >= 11 is 3.14. The molecule has 0 saturated carbocycles. The molecule has 0 radical (unpaired) electrons. The van der Waals surface area contributed by atoms with Gasteiger partial charge in [0.05, 0.1) is 6.42 Å². The lowest BCUT2D eigenvalue weighted by Gasteiger charge is -2.15. The first-order chi connectivity index (χ1) is 13.0. The van der Waals surface area contributed by atoms with Crippen LogP contribution >= 0.6 is 23.1 Å². The Labute approximate surface area is 165 Å². The second-order valence-electron chi connectivity index (χ2n) is 5.93. The minimum Gasteiger partial charge on any atom is -0.481 e. The molecule has 1 aromatic carbocycles. The van der Waals surface area contributed by atoms with Crippen molar-refractivity contribution in [3.8, 4) is 10.4 Å². The molecule has 0 unspecified atom stereocenters. The quantitative estimate of drug-likeness (QED) is 0.457. The highest BCUT2D eigenvalue weighted by molar-refractivity contribution is 7.99. The summed E-state index contributed by atoms with van der Waals surface area (Å²) in [6.07, 6.45) is 1.85. The van der Waals surface area contributed by atoms with Crippen LogP contribution in [0, 0.1) is 0 Å². The molecule has 140 valence electrons. The van der Waals surface area contributed by atoms with Gasteiger partial charge in [0.1, 0.15) is 16.2 Å². The molecular weight excluding hydrogens is 382 g/mol. The number of carboxylic acid groups (broad SMARTS) is 1. The number of rotatable bonds is 8. The van der Waals surface area contributed by atoms with Gasteiger partial charge in [0.15, 0.2) is 0 Å². The lowest BCUT2D eigenvalue weighted by Crippen LogP contribution is -2.29. The van der Waals surface area contributed by atoms with E-state index in [9.17, 15) is 9.59 Å². The standard InChI is InChI=1S/C19H19N3O3S2/c1-22(9-7-17(24)25)16(23)8-10-26-18-14-11-15(13-5-3-2-4-6-13)27-19(14)21-12-20-18/h2-6,11-12H,7-10H2,1H3,(H,24,25). The molecule has 27 heavy (non-hydrogen) atoms. The average Bonchev–Trinajstić information content (AvgIpc) is 3.12. The van der Waals surface area contributed by atoms with Gasteiger partial charge in [0, 0.05) is 36.0 Å². The van der Waals surface area contributed by atoms with Crippen LogP contribution in [0.5, 0.6) is 0 Å². The van der Waals surface area contributed by atoms with E-state index in [0.29, 0.717) is 12.2 Å². The minimum absolute atomic E-state index is 0.0426. The Bertz CT molecular complexity index is 944. The Morgan fingerprint density at radius 3 is 2.70 bits per heavy atom. The van der Waals surface area contributed by atoms with Gasteiger partial charge < -0.3 is 10.0 Å². The fraction of sp³-hybridized carbons (Fsp3) is 0.263. The van der Waals surface area contributed by atoms with E-state index < -0.39 is 5.97 Å². The van der Waals surface area contributed by atoms with E-state index in [1.165, 1.54) is 16.7 Å². The van der Waals surface area contributed by atoms with E-state index in [4.69, 9.17) is 5.11 Å². The summed E-state index contributed by atoms with van der Waals surface area (Å²) in [5.41, 5.74) is 1.15. The molecule has 2 heterocycles. The third-order valence-corrected chi connectivity index (χ3v) is 6.09. The lowest BCUT2D eigenvalue weighted by molar-refractivity contribution is -0.138. The number of benzene rings is 1. The normalized spacial score (nSPS) is 10.9. The third kappa shape index (κ3) is 5.05. The SMILES string of the molecule is CN(CCC(=O)O)C(=O)CCSc1ncnc2sc(-c3ccccc3)cc12. The smallest absolute Gasteiger partial charge is 0.305 e. The number of hydrogen-bond acceptors (Lipinski definition) is 6. The number of aliphatic carboxylic acids is 1. The zero-order chi connectivity index (χ0) is 19.2. The molecular formula is C19H19N3O3S2. The Hall–Kier alpha value is -2.45. The first kappa shape index (κ1) is 19.3. The van der Waals surface area contributed by atoms with Crippen LogP contribution in [-0.4, -0.2) is 51.2 Å². The van der Waals surface area contributed by atoms with Crippen LogP contribution in [0.4, 0.5) is 0 Å². The summed E-state index contributed by atoms with van der Waals surface area (Å²) in [7, 11) is 1.63. The first-order valence-corrected chi connectivity index (χ1v) is 10.2. The molecule has 8 heteroatoms. The zero-order valence-corrected chi connectivity index (χ0v) is 16.4. The molecule has 3 aromatic rings. The van der Waals surface area contributed by atoms with Crippen molar-refractivity contribution in [3.05, 3.63) is 42.7 Å². The molecule has 0 bridgehead atoms. The molecule has 6 nitrogen and oxygen atoms in total. The van der Waals surface area contributed by atoms with Gasteiger partial charge in [0.25, 0.3) is 0 Å². The van der Waals surface area contributed by atoms with Crippen LogP contribution in [0.3, 0.4) is 0 Å². The fourth-order valence-corrected chi connectivity index (χ4v) is 4.48. The van der Waals surface area contributed by atoms with Gasteiger partial charge in [-0.3, -0.25) is 9.59 Å². The van der Waals surface area contributed by atoms with E-state index in [0.717, 1.165) is 25.7 Å². The van der Waals surface area contributed by atoms with Gasteiger partial charge in [0.2, 0.25) is 5.91 Å². The Morgan fingerprint density at radius 2 is 1.96 bits per heavy atom. The van der Waals surface area contributed by atoms with Crippen molar-refractivity contribution in [2.24, 2.45) is 0 Å². The maximum Gasteiger partial charge on any atom is 0.305 e. The largest absolute Gasteiger partial charge is 0.481 e. The molecule has 3 rings (SSSR count). The van der Waals surface area contributed by atoms with Crippen molar-refractivity contribution in [2.75, 3.05) is 19.3 Å². The number of fused-ring (bicyclic) bond motifs is 1. The zero-order valence-electron chi connectivity index (χ0n) is 14.8. The van der Waals surface area contributed by atoms with Crippen molar-refractivity contribution in [1.29, 1.82) is 0 Å². The number of hydrogen-bond donors (Lipinski definition) is 1. The minimum atomic E-state index is -0.904. The molecule has 0 aliphatic rings. The number of carboxylic acids is 1. The summed E-state index contributed by atoms with van der Waals surface area (Å²) in [5, 5.41) is 10.6. The van der Waals surface area contributed by atoms with Gasteiger partial charge in [-0.2, -0.15) is 0 Å². The number of nitrogens with zero attached hydrogens (tertiary/aromatic N) is 3. The van der Waals surface area contributed by atoms with Crippen LogP contribution in [0.25, 0.3) is 20.7 Å². The Morgan fingerprint density at radius 1 is 1.19 bits per heavy atom. The average molecular weight is 402 g/mol. The van der Waals surface area contributed by atoms with Crippen molar-refractivity contribution in [2.45, 2.75) is 17.9 Å². The maximum absolute atomic E-state index is 12.1. The number of thioether (sulfide) groups is 1. The Balaban J connectivity index is 1.64. The molecule has 1 amide bonds. The van der Waals surface area contributed by atoms with Gasteiger partial charge in [-0.05, 0) is 11.6 Å². The highest BCUT2D eigenvalue weighted by Crippen LogP contribution is 2.36. The van der Waals surface area contributed by atoms with Crippen molar-refractivity contribution >= 4 is 45.2 Å². The van der Waals surface area contributed by atoms with E-state index in [1.54, 1.807) is 24.7 Å². The third-order valence-electron chi connectivity index (χ3n) is 3.99. The molecule has 0 aliphatic heterocycles. The molecule has 2 aromatic heterocycles. The molecule has 0 spiro atoms. The maximum atomic E-state index is 12.1. The molecule has 0 saturated heterocycles. The Kier molecular flexibility index (Phi) is 6.41. The summed E-state index contributed by atoms with van der Waals surface area (Å²) in [6.45, 7) is 0.224. The van der Waals surface area contributed by atoms with Gasteiger partial charge in [-0.1, -0.05) is 30.3 Å². The highest BCUT2D eigenvalue weighted by atomic mass is 32.2. The number of amides is 1. The number of thiophene rings is 1. The number of aromatic nitrogens is 2. The van der Waals surface area contributed by atoms with Crippen LogP contribution < -0.4 is 0 Å². The van der Waals surface area contributed by atoms with Crippen molar-refractivity contribution < 1.29 is 14.7 Å². The van der Waals surface area contributed by atoms with Crippen LogP contribution in [-0.2, 0) is 9.59 Å². The van der Waals surface area contributed by atoms with Gasteiger partial charge in [-0.15, -0.1) is 23.1 Å². The molecule has 0 fully saturated rings. The van der Waals surface area contributed by atoms with Crippen molar-refractivity contribution in [3.63, 3.8) is 0 Å². The van der Waals surface area contributed by atoms with E-state index in [1.807, 2.05) is 18.2 Å². The highest BCUT2D eigenvalue weighted by Gasteiger charge is 2.13. The lowest BCUT2D eigenvalue weighted by atomic mass is 10.2. The molecule has 1 N–H and O–H groups in total. The second-order valence-corrected chi connectivity index (χ2v) is 8.05. The summed E-state index contributed by atoms with van der Waals surface area (Å²) in [6, 6.07) is 12.2. The van der Waals surface area contributed by atoms with Crippen LogP contribution in [0.1, 0.15) is 12.8 Å². The number of carbonyl (C=O) groups excluding carboxylic acids is 1. The number of carbonyl (C=O) groups is 2.